The predicted molar refractivity (Wildman–Crippen MR) is 90.4 cm³/mol. The van der Waals surface area contributed by atoms with Crippen molar-refractivity contribution in [3.8, 4) is 0 Å². The van der Waals surface area contributed by atoms with Gasteiger partial charge in [0.2, 0.25) is 5.91 Å². The van der Waals surface area contributed by atoms with Crippen LogP contribution in [0.15, 0.2) is 12.4 Å². The van der Waals surface area contributed by atoms with E-state index in [0.29, 0.717) is 35.0 Å². The summed E-state index contributed by atoms with van der Waals surface area (Å²) in [7, 11) is 0. The highest BCUT2D eigenvalue weighted by atomic mass is 35.5. The lowest BCUT2D eigenvalue weighted by atomic mass is 9.90. The first-order valence-electron chi connectivity index (χ1n) is 9.25. The number of carbonyl (C=O) groups excluding carboxylic acids is 1. The van der Waals surface area contributed by atoms with Crippen LogP contribution in [0.25, 0.3) is 0 Å². The Bertz CT molecular complexity index is 656. The van der Waals surface area contributed by atoms with Gasteiger partial charge in [0.15, 0.2) is 0 Å². The van der Waals surface area contributed by atoms with Crippen LogP contribution in [0, 0.1) is 17.8 Å². The van der Waals surface area contributed by atoms with E-state index in [1.807, 2.05) is 6.07 Å². The Morgan fingerprint density at radius 1 is 1.12 bits per heavy atom. The van der Waals surface area contributed by atoms with Gasteiger partial charge in [0, 0.05) is 24.5 Å². The van der Waals surface area contributed by atoms with E-state index in [1.54, 1.807) is 0 Å². The van der Waals surface area contributed by atoms with Gasteiger partial charge < -0.3 is 10.2 Å². The number of nitrogens with one attached hydrogen (secondary N) is 1. The molecule has 1 aliphatic heterocycles. The number of nitrogens with zero attached hydrogens (tertiary/aromatic N) is 3. The quantitative estimate of drug-likeness (QED) is 0.851. The molecule has 0 radical (unpaired) electrons. The van der Waals surface area contributed by atoms with Gasteiger partial charge in [0.1, 0.15) is 11.5 Å². The van der Waals surface area contributed by atoms with E-state index in [0.717, 1.165) is 25.1 Å². The van der Waals surface area contributed by atoms with Crippen LogP contribution in [0.3, 0.4) is 0 Å². The summed E-state index contributed by atoms with van der Waals surface area (Å²) in [6.45, 7) is 0.930. The van der Waals surface area contributed by atoms with Crippen LogP contribution in [-0.2, 0) is 4.79 Å². The molecule has 24 heavy (non-hydrogen) atoms. The van der Waals surface area contributed by atoms with Gasteiger partial charge in [-0.15, -0.1) is 0 Å². The molecule has 4 aliphatic rings. The molecule has 2 heterocycles. The van der Waals surface area contributed by atoms with E-state index >= 15 is 0 Å². The second-order valence-corrected chi connectivity index (χ2v) is 8.29. The SMILES string of the molecule is O=C(C1CC1)N1C(C2CC2)CNC(C2CC2)C1c1cc(Cl)ncn1. The Hall–Kier alpha value is -1.20. The third-order valence-corrected chi connectivity index (χ3v) is 6.20. The van der Waals surface area contributed by atoms with Crippen molar-refractivity contribution in [2.75, 3.05) is 6.54 Å². The molecule has 3 unspecified atom stereocenters. The van der Waals surface area contributed by atoms with E-state index in [-0.39, 0.29) is 12.0 Å². The molecule has 128 valence electrons. The monoisotopic (exact) mass is 346 g/mol. The van der Waals surface area contributed by atoms with Crippen molar-refractivity contribution in [3.05, 3.63) is 23.2 Å². The summed E-state index contributed by atoms with van der Waals surface area (Å²) in [5, 5.41) is 4.23. The Morgan fingerprint density at radius 2 is 1.88 bits per heavy atom. The summed E-state index contributed by atoms with van der Waals surface area (Å²) in [5.41, 5.74) is 0.902. The van der Waals surface area contributed by atoms with Crippen LogP contribution < -0.4 is 5.32 Å². The van der Waals surface area contributed by atoms with E-state index < -0.39 is 0 Å². The molecule has 1 amide bonds. The number of halogens is 1. The first-order valence-corrected chi connectivity index (χ1v) is 9.63. The third-order valence-electron chi connectivity index (χ3n) is 5.99. The van der Waals surface area contributed by atoms with Crippen molar-refractivity contribution in [3.63, 3.8) is 0 Å². The maximum absolute atomic E-state index is 13.2. The second-order valence-electron chi connectivity index (χ2n) is 7.91. The molecule has 1 aromatic heterocycles. The molecule has 4 fully saturated rings. The van der Waals surface area contributed by atoms with Crippen LogP contribution in [-0.4, -0.2) is 39.4 Å². The van der Waals surface area contributed by atoms with Crippen LogP contribution in [0.1, 0.15) is 50.3 Å². The molecule has 0 bridgehead atoms. The highest BCUT2D eigenvalue weighted by Gasteiger charge is 2.52. The highest BCUT2D eigenvalue weighted by Crippen LogP contribution is 2.48. The lowest BCUT2D eigenvalue weighted by Crippen LogP contribution is -2.61. The molecule has 3 saturated carbocycles. The van der Waals surface area contributed by atoms with Crippen molar-refractivity contribution in [1.82, 2.24) is 20.2 Å². The molecule has 0 spiro atoms. The molecule has 5 nitrogen and oxygen atoms in total. The number of piperazine rings is 1. The number of amides is 1. The summed E-state index contributed by atoms with van der Waals surface area (Å²) in [6, 6.07) is 2.47. The van der Waals surface area contributed by atoms with Crippen molar-refractivity contribution in [2.45, 2.75) is 56.7 Å². The number of rotatable bonds is 4. The fourth-order valence-corrected chi connectivity index (χ4v) is 4.43. The zero-order valence-corrected chi connectivity index (χ0v) is 14.5. The number of aromatic nitrogens is 2. The van der Waals surface area contributed by atoms with Crippen LogP contribution >= 0.6 is 11.6 Å². The molecule has 5 rings (SSSR count). The summed E-state index contributed by atoms with van der Waals surface area (Å²) >= 11 is 6.15. The second kappa shape index (κ2) is 5.67. The third kappa shape index (κ3) is 2.72. The van der Waals surface area contributed by atoms with Gasteiger partial charge >= 0.3 is 0 Å². The smallest absolute Gasteiger partial charge is 0.226 e. The summed E-state index contributed by atoms with van der Waals surface area (Å²) < 4.78 is 0. The summed E-state index contributed by atoms with van der Waals surface area (Å²) in [5.74, 6) is 1.89. The van der Waals surface area contributed by atoms with Gasteiger partial charge in [-0.3, -0.25) is 4.79 Å². The molecule has 0 aromatic carbocycles. The maximum atomic E-state index is 13.2. The molecule has 1 N–H and O–H groups in total. The average molecular weight is 347 g/mol. The zero-order chi connectivity index (χ0) is 16.3. The average Bonchev–Trinajstić information content (AvgIpc) is 3.46. The van der Waals surface area contributed by atoms with Gasteiger partial charge in [0.05, 0.1) is 11.7 Å². The van der Waals surface area contributed by atoms with Gasteiger partial charge in [-0.2, -0.15) is 0 Å². The molecule has 1 saturated heterocycles. The van der Waals surface area contributed by atoms with Crippen molar-refractivity contribution in [1.29, 1.82) is 0 Å². The van der Waals surface area contributed by atoms with Crippen LogP contribution in [0.2, 0.25) is 5.15 Å². The van der Waals surface area contributed by atoms with Gasteiger partial charge in [0.25, 0.3) is 0 Å². The molecule has 3 atom stereocenters. The molecule has 1 aromatic rings. The largest absolute Gasteiger partial charge is 0.328 e. The number of hydrogen-bond acceptors (Lipinski definition) is 4. The Kier molecular flexibility index (Phi) is 3.56. The molecule has 3 aliphatic carbocycles. The van der Waals surface area contributed by atoms with Crippen LogP contribution in [0.4, 0.5) is 0 Å². The van der Waals surface area contributed by atoms with Gasteiger partial charge in [-0.05, 0) is 56.4 Å². The number of carbonyl (C=O) groups is 1. The van der Waals surface area contributed by atoms with Gasteiger partial charge in [-0.25, -0.2) is 9.97 Å². The lowest BCUT2D eigenvalue weighted by Gasteiger charge is -2.47. The first-order chi connectivity index (χ1) is 11.7. The first kappa shape index (κ1) is 15.1. The zero-order valence-electron chi connectivity index (χ0n) is 13.7. The Labute approximate surface area is 147 Å². The molecular weight excluding hydrogens is 324 g/mol. The summed E-state index contributed by atoms with van der Waals surface area (Å²) in [6.07, 6.45) is 8.59. The van der Waals surface area contributed by atoms with Crippen molar-refractivity contribution >= 4 is 17.5 Å². The van der Waals surface area contributed by atoms with Gasteiger partial charge in [-0.1, -0.05) is 11.6 Å². The van der Waals surface area contributed by atoms with E-state index in [9.17, 15) is 4.79 Å². The minimum Gasteiger partial charge on any atom is -0.328 e. The van der Waals surface area contributed by atoms with E-state index in [4.69, 9.17) is 11.6 Å². The number of hydrogen-bond donors (Lipinski definition) is 1. The fraction of sp³-hybridized carbons (Fsp3) is 0.722. The Morgan fingerprint density at radius 3 is 2.50 bits per heavy atom. The fourth-order valence-electron chi connectivity index (χ4n) is 4.28. The Balaban J connectivity index is 1.55. The van der Waals surface area contributed by atoms with E-state index in [1.165, 1.54) is 32.0 Å². The summed E-state index contributed by atoms with van der Waals surface area (Å²) in [4.78, 5) is 24.0. The standard InChI is InChI=1S/C18H23ClN4O/c19-15-7-13(21-9-22-15)17-16(11-3-4-11)20-8-14(10-1-2-10)23(17)18(24)12-5-6-12/h7,9-12,14,16-17,20H,1-6,8H2. The van der Waals surface area contributed by atoms with E-state index in [2.05, 4.69) is 20.2 Å². The normalized spacial score (nSPS) is 33.5. The molecular formula is C18H23ClN4O. The molecule has 6 heteroatoms. The highest BCUT2D eigenvalue weighted by molar-refractivity contribution is 6.29. The predicted octanol–water partition coefficient (Wildman–Crippen LogP) is 2.57. The minimum atomic E-state index is 0.00505. The van der Waals surface area contributed by atoms with Crippen molar-refractivity contribution < 1.29 is 4.79 Å². The topological polar surface area (TPSA) is 58.1 Å². The van der Waals surface area contributed by atoms with Crippen LogP contribution in [0.5, 0.6) is 0 Å². The minimum absolute atomic E-state index is 0.00505. The van der Waals surface area contributed by atoms with Crippen molar-refractivity contribution in [2.24, 2.45) is 17.8 Å². The lowest BCUT2D eigenvalue weighted by molar-refractivity contribution is -0.142. The maximum Gasteiger partial charge on any atom is 0.226 e.